The number of hydrogen-bond donors (Lipinski definition) is 2. The van der Waals surface area contributed by atoms with E-state index in [1.165, 1.54) is 0 Å². The summed E-state index contributed by atoms with van der Waals surface area (Å²) in [4.78, 5) is 12.9. The zero-order valence-corrected chi connectivity index (χ0v) is 19.7. The number of aliphatic hydroxyl groups is 1. The molecule has 5 heteroatoms. The highest BCUT2D eigenvalue weighted by Gasteiger charge is 2.34. The van der Waals surface area contributed by atoms with Crippen LogP contribution in [0.5, 0.6) is 0 Å². The fraction of sp³-hybridized carbons (Fsp3) is 0.593. The second-order valence-corrected chi connectivity index (χ2v) is 8.88. The lowest BCUT2D eigenvalue weighted by Gasteiger charge is -2.32. The van der Waals surface area contributed by atoms with Crippen LogP contribution in [-0.2, 0) is 16.1 Å². The molecule has 1 unspecified atom stereocenters. The summed E-state index contributed by atoms with van der Waals surface area (Å²) in [5.41, 5.74) is 1.16. The summed E-state index contributed by atoms with van der Waals surface area (Å²) < 4.78 is 6.29. The van der Waals surface area contributed by atoms with Gasteiger partial charge in [-0.05, 0) is 38.3 Å². The van der Waals surface area contributed by atoms with E-state index in [0.717, 1.165) is 44.1 Å². The Hall–Kier alpha value is -1.95. The number of aliphatic hydroxyl groups excluding tert-OH is 1. The topological polar surface area (TPSA) is 70.0 Å². The smallest absolute Gasteiger partial charge is 0.303 e. The van der Waals surface area contributed by atoms with Gasteiger partial charge in [0, 0.05) is 24.9 Å². The standard InChI is InChI=1S/C27H41NO4/c1-3-4-8-15-23(29)20-28(2)25-18-19-26(32-21-22-13-9-7-10-14-22)24(25)16-11-5-6-12-17-27(30)31/h5,7,9-11,13-14,18-19,23-26,29H,3-4,6,8,12,15-17,20-21H2,1-2H3,(H,30,31)/t23?,24-,25+,26+/m1/s1. The molecule has 5 nitrogen and oxygen atoms in total. The Morgan fingerprint density at radius 3 is 2.66 bits per heavy atom. The third-order valence-corrected chi connectivity index (χ3v) is 6.13. The van der Waals surface area contributed by atoms with E-state index in [1.807, 2.05) is 18.2 Å². The van der Waals surface area contributed by atoms with E-state index in [2.05, 4.69) is 55.3 Å². The Balaban J connectivity index is 1.93. The largest absolute Gasteiger partial charge is 0.481 e. The maximum Gasteiger partial charge on any atom is 0.303 e. The number of nitrogens with zero attached hydrogens (tertiary/aromatic N) is 1. The monoisotopic (exact) mass is 443 g/mol. The van der Waals surface area contributed by atoms with Gasteiger partial charge in [0.1, 0.15) is 0 Å². The Labute approximate surface area is 193 Å². The lowest BCUT2D eigenvalue weighted by atomic mass is 9.94. The van der Waals surface area contributed by atoms with E-state index in [9.17, 15) is 9.90 Å². The average molecular weight is 444 g/mol. The van der Waals surface area contributed by atoms with Gasteiger partial charge in [-0.25, -0.2) is 0 Å². The van der Waals surface area contributed by atoms with Crippen molar-refractivity contribution in [3.8, 4) is 0 Å². The first-order valence-electron chi connectivity index (χ1n) is 12.1. The average Bonchev–Trinajstić information content (AvgIpc) is 3.18. The fourth-order valence-corrected chi connectivity index (χ4v) is 4.31. The molecule has 0 aliphatic heterocycles. The SMILES string of the molecule is CCCCCC(O)CN(C)[C@H]1C=C[C@H](OCc2ccccc2)[C@@H]1CC=CCCCC(=O)O. The van der Waals surface area contributed by atoms with Gasteiger partial charge < -0.3 is 14.9 Å². The fourth-order valence-electron chi connectivity index (χ4n) is 4.31. The predicted octanol–water partition coefficient (Wildman–Crippen LogP) is 5.20. The van der Waals surface area contributed by atoms with E-state index >= 15 is 0 Å². The van der Waals surface area contributed by atoms with Crippen molar-refractivity contribution in [2.24, 2.45) is 5.92 Å². The minimum absolute atomic E-state index is 0.0172. The van der Waals surface area contributed by atoms with Crippen LogP contribution in [0, 0.1) is 5.92 Å². The van der Waals surface area contributed by atoms with Crippen molar-refractivity contribution in [2.45, 2.75) is 83.1 Å². The molecule has 1 aromatic carbocycles. The second kappa shape index (κ2) is 15.0. The molecule has 2 N–H and O–H groups in total. The highest BCUT2D eigenvalue weighted by atomic mass is 16.5. The number of unbranched alkanes of at least 4 members (excludes halogenated alkanes) is 3. The summed E-state index contributed by atoms with van der Waals surface area (Å²) in [6.07, 6.45) is 15.1. The minimum atomic E-state index is -0.744. The summed E-state index contributed by atoms with van der Waals surface area (Å²) in [6, 6.07) is 10.4. The normalized spacial score (nSPS) is 21.6. The highest BCUT2D eigenvalue weighted by molar-refractivity contribution is 5.66. The molecule has 0 amide bonds. The Morgan fingerprint density at radius 1 is 1.16 bits per heavy atom. The van der Waals surface area contributed by atoms with Crippen LogP contribution in [0.25, 0.3) is 0 Å². The highest BCUT2D eigenvalue weighted by Crippen LogP contribution is 2.30. The molecule has 1 aliphatic rings. The van der Waals surface area contributed by atoms with E-state index in [-0.39, 0.29) is 30.6 Å². The van der Waals surface area contributed by atoms with Gasteiger partial charge in [-0.2, -0.15) is 0 Å². The van der Waals surface area contributed by atoms with Gasteiger partial charge in [-0.15, -0.1) is 0 Å². The maximum absolute atomic E-state index is 10.7. The number of aliphatic carboxylic acids is 1. The van der Waals surface area contributed by atoms with E-state index in [4.69, 9.17) is 9.84 Å². The summed E-state index contributed by atoms with van der Waals surface area (Å²) in [5.74, 6) is -0.478. The molecule has 2 rings (SSSR count). The van der Waals surface area contributed by atoms with Crippen molar-refractivity contribution >= 4 is 5.97 Å². The van der Waals surface area contributed by atoms with Gasteiger partial charge in [0.2, 0.25) is 0 Å². The van der Waals surface area contributed by atoms with E-state index in [0.29, 0.717) is 19.6 Å². The van der Waals surface area contributed by atoms with Crippen LogP contribution in [0.3, 0.4) is 0 Å². The van der Waals surface area contributed by atoms with Crippen LogP contribution in [0.4, 0.5) is 0 Å². The number of likely N-dealkylation sites (N-methyl/N-ethyl adjacent to an activating group) is 1. The van der Waals surface area contributed by atoms with Crippen molar-refractivity contribution in [1.29, 1.82) is 0 Å². The lowest BCUT2D eigenvalue weighted by molar-refractivity contribution is -0.137. The Bertz CT molecular complexity index is 703. The predicted molar refractivity (Wildman–Crippen MR) is 129 cm³/mol. The molecule has 178 valence electrons. The quantitative estimate of drug-likeness (QED) is 0.271. The molecule has 0 bridgehead atoms. The molecular formula is C27H41NO4. The molecule has 4 atom stereocenters. The van der Waals surface area contributed by atoms with E-state index < -0.39 is 5.97 Å². The third-order valence-electron chi connectivity index (χ3n) is 6.13. The van der Waals surface area contributed by atoms with Crippen LogP contribution in [0.2, 0.25) is 0 Å². The van der Waals surface area contributed by atoms with Gasteiger partial charge in [-0.3, -0.25) is 9.69 Å². The van der Waals surface area contributed by atoms with Crippen molar-refractivity contribution in [1.82, 2.24) is 4.90 Å². The van der Waals surface area contributed by atoms with Gasteiger partial charge >= 0.3 is 5.97 Å². The molecule has 1 aromatic rings. The van der Waals surface area contributed by atoms with Gasteiger partial charge in [0.05, 0.1) is 18.8 Å². The maximum atomic E-state index is 10.7. The first-order valence-corrected chi connectivity index (χ1v) is 12.1. The number of carbonyl (C=O) groups is 1. The van der Waals surface area contributed by atoms with Crippen molar-refractivity contribution < 1.29 is 19.7 Å². The van der Waals surface area contributed by atoms with Gasteiger partial charge in [0.25, 0.3) is 0 Å². The molecule has 1 aliphatic carbocycles. The summed E-state index contributed by atoms with van der Waals surface area (Å²) in [7, 11) is 2.08. The van der Waals surface area contributed by atoms with Crippen LogP contribution in [0.15, 0.2) is 54.6 Å². The molecule has 0 saturated heterocycles. The minimum Gasteiger partial charge on any atom is -0.481 e. The zero-order valence-electron chi connectivity index (χ0n) is 19.7. The molecule has 0 aromatic heterocycles. The third kappa shape index (κ3) is 9.68. The molecule has 0 saturated carbocycles. The Kier molecular flexibility index (Phi) is 12.3. The second-order valence-electron chi connectivity index (χ2n) is 8.88. The molecule has 0 spiro atoms. The molecule has 0 radical (unpaired) electrons. The first-order chi connectivity index (χ1) is 15.5. The van der Waals surface area contributed by atoms with Crippen LogP contribution < -0.4 is 0 Å². The van der Waals surface area contributed by atoms with Crippen molar-refractivity contribution in [3.05, 3.63) is 60.2 Å². The Morgan fingerprint density at radius 2 is 1.94 bits per heavy atom. The number of rotatable bonds is 16. The van der Waals surface area contributed by atoms with Crippen LogP contribution in [-0.4, -0.2) is 52.9 Å². The molecule has 0 fully saturated rings. The lowest BCUT2D eigenvalue weighted by Crippen LogP contribution is -2.42. The molecule has 32 heavy (non-hydrogen) atoms. The summed E-state index contributed by atoms with van der Waals surface area (Å²) in [5, 5.41) is 19.3. The zero-order chi connectivity index (χ0) is 23.2. The van der Waals surface area contributed by atoms with Crippen LogP contribution in [0.1, 0.15) is 63.9 Å². The number of hydrogen-bond acceptors (Lipinski definition) is 4. The summed E-state index contributed by atoms with van der Waals surface area (Å²) in [6.45, 7) is 3.41. The van der Waals surface area contributed by atoms with Gasteiger partial charge in [-0.1, -0.05) is 80.8 Å². The number of ether oxygens (including phenoxy) is 1. The number of carboxylic acid groups (broad SMARTS) is 1. The van der Waals surface area contributed by atoms with Crippen LogP contribution >= 0.6 is 0 Å². The van der Waals surface area contributed by atoms with Crippen molar-refractivity contribution in [2.75, 3.05) is 13.6 Å². The van der Waals surface area contributed by atoms with Crippen molar-refractivity contribution in [3.63, 3.8) is 0 Å². The first kappa shape index (κ1) is 26.3. The van der Waals surface area contributed by atoms with Gasteiger partial charge in [0.15, 0.2) is 0 Å². The molecular weight excluding hydrogens is 402 g/mol. The summed E-state index contributed by atoms with van der Waals surface area (Å²) >= 11 is 0. The molecule has 0 heterocycles. The number of benzene rings is 1. The number of allylic oxidation sites excluding steroid dienone is 2. The number of carboxylic acids is 1. The van der Waals surface area contributed by atoms with E-state index in [1.54, 1.807) is 0 Å².